The minimum absolute atomic E-state index is 0.242. The Balaban J connectivity index is 2.80. The lowest BCUT2D eigenvalue weighted by Crippen LogP contribution is -2.70. The monoisotopic (exact) mass is 1350 g/mol. The molecule has 47 heteroatoms. The minimum atomic E-state index is -8.51. The number of rotatable bonds is 29. The summed E-state index contributed by atoms with van der Waals surface area (Å²) in [7, 11) is -12.1. The molecule has 5 nitrogen and oxygen atoms in total. The van der Waals surface area contributed by atoms with Gasteiger partial charge in [-0.3, -0.25) is 0 Å². The van der Waals surface area contributed by atoms with Gasteiger partial charge < -0.3 is 18.1 Å². The van der Waals surface area contributed by atoms with Crippen LogP contribution in [-0.4, -0.2) is 154 Å². The van der Waals surface area contributed by atoms with Crippen LogP contribution in [0.2, 0.25) is 18.1 Å². The van der Waals surface area contributed by atoms with Crippen LogP contribution >= 0.6 is 0 Å². The number of halogens is 39. The van der Waals surface area contributed by atoms with Crippen LogP contribution in [0.3, 0.4) is 0 Å². The molecule has 1 aliphatic rings. The molecule has 82 heavy (non-hydrogen) atoms. The molecule has 2 rings (SSSR count). The van der Waals surface area contributed by atoms with Crippen molar-refractivity contribution in [3.8, 4) is 0 Å². The van der Waals surface area contributed by atoms with E-state index in [0.717, 1.165) is 24.3 Å². The molecule has 0 amide bonds. The van der Waals surface area contributed by atoms with E-state index in [1.54, 1.807) is 0 Å². The molecule has 0 saturated carbocycles. The Morgan fingerprint density at radius 1 is 0.366 bits per heavy atom. The van der Waals surface area contributed by atoms with Crippen LogP contribution in [0.1, 0.15) is 38.2 Å². The van der Waals surface area contributed by atoms with Gasteiger partial charge in [-0.25, -0.2) is 0 Å². The fraction of sp³-hybridized carbons (Fsp3) is 0.800. The lowest BCUT2D eigenvalue weighted by atomic mass is 9.93. The lowest BCUT2D eigenvalue weighted by molar-refractivity contribution is -0.440. The molecule has 1 heterocycles. The molecule has 0 aromatic heterocycles. The van der Waals surface area contributed by atoms with Gasteiger partial charge in [-0.15, -0.1) is 0 Å². The molecular weight excluding hydrogens is 1320 g/mol. The van der Waals surface area contributed by atoms with Crippen molar-refractivity contribution >= 4 is 35.0 Å². The van der Waals surface area contributed by atoms with Crippen LogP contribution in [0, 0.1) is 0 Å². The summed E-state index contributed by atoms with van der Waals surface area (Å²) in [5, 5.41) is 3.36. The van der Waals surface area contributed by atoms with Crippen molar-refractivity contribution in [1.29, 1.82) is 0 Å². The summed E-state index contributed by atoms with van der Waals surface area (Å²) in [5.41, 5.74) is -4.06. The average molecular weight is 1350 g/mol. The highest BCUT2D eigenvalue weighted by Gasteiger charge is 2.93. The summed E-state index contributed by atoms with van der Waals surface area (Å²) in [6, 6.07) is -1.28. The Labute approximate surface area is 435 Å². The van der Waals surface area contributed by atoms with E-state index >= 15 is 0 Å². The number of benzene rings is 1. The van der Waals surface area contributed by atoms with Gasteiger partial charge in [0.2, 0.25) is 5.60 Å². The number of oxime groups is 1. The molecule has 0 fully saturated rings. The number of hydrogen-bond donors (Lipinski definition) is 0. The van der Waals surface area contributed by atoms with Crippen molar-refractivity contribution in [2.45, 2.75) is 170 Å². The topological polar surface area (TPSA) is 49.3 Å². The zero-order chi connectivity index (χ0) is 65.3. The Bertz CT molecular complexity index is 2160. The zero-order valence-electron chi connectivity index (χ0n) is 38.8. The third-order valence-electron chi connectivity index (χ3n) is 11.4. The summed E-state index contributed by atoms with van der Waals surface area (Å²) < 4.78 is 551. The van der Waals surface area contributed by atoms with Gasteiger partial charge in [0.05, 0.1) is 5.71 Å². The molecular formula is C35H28F39NO4Si3. The van der Waals surface area contributed by atoms with Gasteiger partial charge in [-0.05, 0) is 30.6 Å². The summed E-state index contributed by atoms with van der Waals surface area (Å²) >= 11 is 0. The Hall–Kier alpha value is -3.51. The van der Waals surface area contributed by atoms with Crippen LogP contribution in [0.25, 0.3) is 0 Å². The molecule has 1 aromatic carbocycles. The predicted molar refractivity (Wildman–Crippen MR) is 199 cm³/mol. The Morgan fingerprint density at radius 2 is 0.598 bits per heavy atom. The van der Waals surface area contributed by atoms with E-state index in [9.17, 15) is 171 Å². The second-order valence-electron chi connectivity index (χ2n) is 17.3. The van der Waals surface area contributed by atoms with Gasteiger partial charge in [0, 0.05) is 25.7 Å². The first-order valence-electron chi connectivity index (χ1n) is 20.9. The maximum atomic E-state index is 14.7. The molecule has 0 bridgehead atoms. The van der Waals surface area contributed by atoms with Crippen LogP contribution in [0.4, 0.5) is 171 Å². The summed E-state index contributed by atoms with van der Waals surface area (Å²) in [5.74, 6) is -125. The largest absolute Gasteiger partial charge is 0.460 e. The van der Waals surface area contributed by atoms with Crippen molar-refractivity contribution < 1.29 is 189 Å². The third kappa shape index (κ3) is 12.0. The van der Waals surface area contributed by atoms with E-state index < -0.39 is 198 Å². The highest BCUT2D eigenvalue weighted by Crippen LogP contribution is 2.64. The van der Waals surface area contributed by atoms with Crippen LogP contribution in [0.5, 0.6) is 0 Å². The van der Waals surface area contributed by atoms with Gasteiger partial charge in [-0.2, -0.15) is 171 Å². The number of alkyl halides is 39. The lowest BCUT2D eigenvalue weighted by Gasteiger charge is -2.44. The summed E-state index contributed by atoms with van der Waals surface area (Å²) in [6.45, 7) is 0.342. The fourth-order valence-corrected chi connectivity index (χ4v) is 11.4. The second-order valence-corrected chi connectivity index (χ2v) is 21.5. The summed E-state index contributed by atoms with van der Waals surface area (Å²) in [4.78, 5) is 4.99. The number of hydrogen-bond acceptors (Lipinski definition) is 5. The van der Waals surface area contributed by atoms with Crippen molar-refractivity contribution in [3.63, 3.8) is 0 Å². The molecule has 0 saturated heterocycles. The van der Waals surface area contributed by atoms with Crippen molar-refractivity contribution in [3.05, 3.63) is 35.9 Å². The summed E-state index contributed by atoms with van der Waals surface area (Å²) in [6.07, 6.45) is -34.8. The Kier molecular flexibility index (Phi) is 20.3. The van der Waals surface area contributed by atoms with E-state index in [-0.39, 0.29) is 5.56 Å². The zero-order valence-corrected chi connectivity index (χ0v) is 43.0. The average Bonchev–Trinajstić information content (AvgIpc) is 3.71. The molecule has 0 spiro atoms. The quantitative estimate of drug-likeness (QED) is 0.0347. The molecule has 0 N–H and O–H groups in total. The maximum Gasteiger partial charge on any atom is 0.460 e. The molecule has 0 aliphatic carbocycles. The Morgan fingerprint density at radius 3 is 0.829 bits per heavy atom. The van der Waals surface area contributed by atoms with Gasteiger partial charge in [0.15, 0.2) is 29.3 Å². The van der Waals surface area contributed by atoms with Gasteiger partial charge >= 0.3 is 107 Å². The van der Waals surface area contributed by atoms with E-state index in [0.29, 0.717) is 6.92 Å². The van der Waals surface area contributed by atoms with E-state index in [4.69, 9.17) is 18.1 Å². The molecule has 1 aliphatic heterocycles. The molecule has 0 radical (unpaired) electrons. The van der Waals surface area contributed by atoms with Crippen molar-refractivity contribution in [1.82, 2.24) is 0 Å². The second kappa shape index (κ2) is 22.3. The molecule has 1 aromatic rings. The standard InChI is InChI=1S/C35H28F39NO4Si3/c1-16(13-15(75-76-16)14-5-3-2-4-6-14)35(77-80-10-7-17(36,37)20(42,43)23(48,49)26(54,55)29(60,61)32(66,67)68,78-81-11-8-18(38,39)21(44,45)24(50,51)27(56,57)30(62,63)33(69,70)71)79-82-12-9-19(40,41)22(46,47)25(52,53)28(58,59)31(64,65)34(72,73)74/h2-6H,7-13,80-82H2,1H3. The SMILES string of the molecule is CC1(C(O[SiH2]CCC(F)(F)C(F)(F)C(F)(F)C(F)(F)C(F)(F)C(F)(F)F)(O[SiH2]CCC(F)(F)C(F)(F)C(F)(F)C(F)(F)C(F)(F)C(F)(F)F)O[SiH2]CCC(F)(F)C(F)(F)C(F)(F)C(F)(F)C(F)(F)C(F)(F)F)CC(c2ccccc2)=NO1. The highest BCUT2D eigenvalue weighted by atomic mass is 28.2. The first kappa shape index (κ1) is 74.6. The van der Waals surface area contributed by atoms with Crippen LogP contribution in [-0.2, 0) is 18.1 Å². The maximum absolute atomic E-state index is 14.7. The third-order valence-corrected chi connectivity index (χ3v) is 15.1. The molecule has 1 atom stereocenters. The smallest absolute Gasteiger partial charge is 0.380 e. The van der Waals surface area contributed by atoms with E-state index in [2.05, 4.69) is 5.16 Å². The van der Waals surface area contributed by atoms with Crippen LogP contribution < -0.4 is 0 Å². The minimum Gasteiger partial charge on any atom is -0.380 e. The van der Waals surface area contributed by atoms with E-state index in [1.807, 2.05) is 0 Å². The predicted octanol–water partition coefficient (Wildman–Crippen LogP) is 14.2. The van der Waals surface area contributed by atoms with Crippen LogP contribution in [0.15, 0.2) is 35.5 Å². The highest BCUT2D eigenvalue weighted by molar-refractivity contribution is 6.30. The molecule has 482 valence electrons. The first-order chi connectivity index (χ1) is 35.8. The van der Waals surface area contributed by atoms with Crippen molar-refractivity contribution in [2.24, 2.45) is 5.16 Å². The van der Waals surface area contributed by atoms with E-state index in [1.165, 1.54) is 6.07 Å². The first-order valence-corrected chi connectivity index (χ1v) is 25.6. The van der Waals surface area contributed by atoms with Gasteiger partial charge in [0.25, 0.3) is 5.97 Å². The fourth-order valence-electron chi connectivity index (χ4n) is 6.45. The molecule has 1 unspecified atom stereocenters. The van der Waals surface area contributed by atoms with Gasteiger partial charge in [0.1, 0.15) is 0 Å². The normalized spacial score (nSPS) is 19.5. The number of nitrogens with zero attached hydrogens (tertiary/aromatic N) is 1. The van der Waals surface area contributed by atoms with Gasteiger partial charge in [-0.1, -0.05) is 35.5 Å². The van der Waals surface area contributed by atoms with Crippen molar-refractivity contribution in [2.75, 3.05) is 0 Å².